The fourth-order valence-corrected chi connectivity index (χ4v) is 2.33. The average molecular weight is 330 g/mol. The van der Waals surface area contributed by atoms with Crippen molar-refractivity contribution in [2.75, 3.05) is 13.7 Å². The van der Waals surface area contributed by atoms with Crippen LogP contribution in [0.5, 0.6) is 5.75 Å². The molecule has 0 radical (unpaired) electrons. The van der Waals surface area contributed by atoms with Crippen molar-refractivity contribution < 1.29 is 9.53 Å². The molecule has 0 aliphatic rings. The monoisotopic (exact) mass is 330 g/mol. The van der Waals surface area contributed by atoms with E-state index < -0.39 is 0 Å². The maximum Gasteiger partial charge on any atom is 0.257 e. The summed E-state index contributed by atoms with van der Waals surface area (Å²) in [7, 11) is 1.60. The summed E-state index contributed by atoms with van der Waals surface area (Å²) in [5.74, 6) is 0.581. The van der Waals surface area contributed by atoms with E-state index in [9.17, 15) is 4.79 Å². The topological polar surface area (TPSA) is 68.2 Å². The van der Waals surface area contributed by atoms with Crippen molar-refractivity contribution in [1.29, 1.82) is 0 Å². The maximum absolute atomic E-state index is 11.3. The number of nitrogens with zero attached hydrogens (tertiary/aromatic N) is 2. The minimum Gasteiger partial charge on any atom is -0.483 e. The summed E-state index contributed by atoms with van der Waals surface area (Å²) in [4.78, 5) is 11.3. The molecule has 2 aromatic rings. The molecule has 2 rings (SSSR count). The highest BCUT2D eigenvalue weighted by Gasteiger charge is 2.15. The van der Waals surface area contributed by atoms with Crippen molar-refractivity contribution in [2.24, 2.45) is 0 Å². The fraction of sp³-hybridized carbons (Fsp3) is 0.444. The van der Waals surface area contributed by atoms with E-state index in [4.69, 9.17) is 4.74 Å². The quantitative estimate of drug-likeness (QED) is 0.777. The number of hydrogen-bond acceptors (Lipinski definition) is 4. The second-order valence-corrected chi connectivity index (χ2v) is 5.98. The van der Waals surface area contributed by atoms with E-state index in [0.717, 1.165) is 16.9 Å². The van der Waals surface area contributed by atoms with E-state index in [-0.39, 0.29) is 24.6 Å². The number of carbonyl (C=O) groups is 1. The lowest BCUT2D eigenvalue weighted by Gasteiger charge is -2.22. The number of benzene rings is 1. The maximum atomic E-state index is 11.3. The van der Waals surface area contributed by atoms with Crippen molar-refractivity contribution in [3.63, 3.8) is 0 Å². The Morgan fingerprint density at radius 1 is 1.33 bits per heavy atom. The Morgan fingerprint density at radius 2 is 2.08 bits per heavy atom. The Balaban J connectivity index is 1.94. The first kappa shape index (κ1) is 18.0. The van der Waals surface area contributed by atoms with E-state index in [1.807, 2.05) is 48.3 Å². The molecule has 0 aliphatic carbocycles. The summed E-state index contributed by atoms with van der Waals surface area (Å²) in [5, 5.41) is 10.4. The summed E-state index contributed by atoms with van der Waals surface area (Å²) in [6.45, 7) is 6.99. The van der Waals surface area contributed by atoms with Crippen LogP contribution in [-0.2, 0) is 11.3 Å². The summed E-state index contributed by atoms with van der Waals surface area (Å²) >= 11 is 0. The Morgan fingerprint density at radius 3 is 2.75 bits per heavy atom. The smallest absolute Gasteiger partial charge is 0.257 e. The van der Waals surface area contributed by atoms with Crippen LogP contribution in [0, 0.1) is 6.92 Å². The minimum absolute atomic E-state index is 0.0199. The zero-order valence-corrected chi connectivity index (χ0v) is 14.7. The number of nitrogens with one attached hydrogen (secondary N) is 2. The van der Waals surface area contributed by atoms with Gasteiger partial charge in [0, 0.05) is 31.4 Å². The SMILES string of the molecule is CNC(=O)COc1ccccc1CN[C@H](C)[C@@H](C)n1cc(C)cn1. The highest BCUT2D eigenvalue weighted by Crippen LogP contribution is 2.19. The van der Waals surface area contributed by atoms with Gasteiger partial charge in [-0.1, -0.05) is 18.2 Å². The van der Waals surface area contributed by atoms with Gasteiger partial charge in [-0.2, -0.15) is 5.10 Å². The van der Waals surface area contributed by atoms with Crippen LogP contribution in [0.4, 0.5) is 0 Å². The van der Waals surface area contributed by atoms with Crippen molar-refractivity contribution in [3.05, 3.63) is 47.8 Å². The largest absolute Gasteiger partial charge is 0.483 e. The van der Waals surface area contributed by atoms with Crippen LogP contribution in [0.2, 0.25) is 0 Å². The van der Waals surface area contributed by atoms with Gasteiger partial charge in [-0.15, -0.1) is 0 Å². The molecule has 0 fully saturated rings. The Labute approximate surface area is 143 Å². The number of rotatable bonds is 8. The van der Waals surface area contributed by atoms with Crippen molar-refractivity contribution >= 4 is 5.91 Å². The highest BCUT2D eigenvalue weighted by atomic mass is 16.5. The molecule has 0 saturated heterocycles. The standard InChI is InChI=1S/C18H26N4O2/c1-13-9-21-22(11-13)15(3)14(2)20-10-16-7-5-6-8-17(16)24-12-18(23)19-4/h5-9,11,14-15,20H,10,12H2,1-4H3,(H,19,23)/t14-,15-/m1/s1. The van der Waals surface area contributed by atoms with Gasteiger partial charge in [0.2, 0.25) is 0 Å². The summed E-state index contributed by atoms with van der Waals surface area (Å²) in [6, 6.07) is 8.22. The summed E-state index contributed by atoms with van der Waals surface area (Å²) in [5.41, 5.74) is 2.18. The third-order valence-electron chi connectivity index (χ3n) is 4.10. The summed E-state index contributed by atoms with van der Waals surface area (Å²) in [6.07, 6.45) is 3.91. The van der Waals surface area contributed by atoms with Crippen LogP contribution in [-0.4, -0.2) is 35.4 Å². The predicted octanol–water partition coefficient (Wildman–Crippen LogP) is 2.06. The molecular formula is C18H26N4O2. The number of aromatic nitrogens is 2. The van der Waals surface area contributed by atoms with Crippen LogP contribution in [0.15, 0.2) is 36.7 Å². The molecule has 130 valence electrons. The highest BCUT2D eigenvalue weighted by molar-refractivity contribution is 5.77. The molecule has 1 amide bonds. The molecule has 0 spiro atoms. The van der Waals surface area contributed by atoms with Crippen LogP contribution >= 0.6 is 0 Å². The number of amides is 1. The normalized spacial score (nSPS) is 13.3. The Kier molecular flexibility index (Phi) is 6.37. The molecule has 0 bridgehead atoms. The fourth-order valence-electron chi connectivity index (χ4n) is 2.33. The van der Waals surface area contributed by atoms with Gasteiger partial charge in [0.15, 0.2) is 6.61 Å². The lowest BCUT2D eigenvalue weighted by atomic mass is 10.1. The molecule has 1 heterocycles. The zero-order chi connectivity index (χ0) is 17.5. The molecule has 24 heavy (non-hydrogen) atoms. The van der Waals surface area contributed by atoms with Gasteiger partial charge in [-0.25, -0.2) is 0 Å². The van der Waals surface area contributed by atoms with Gasteiger partial charge < -0.3 is 15.4 Å². The van der Waals surface area contributed by atoms with Gasteiger partial charge in [0.05, 0.1) is 12.2 Å². The van der Waals surface area contributed by atoms with E-state index in [1.165, 1.54) is 0 Å². The van der Waals surface area contributed by atoms with Crippen LogP contribution < -0.4 is 15.4 Å². The third-order valence-corrected chi connectivity index (χ3v) is 4.10. The van der Waals surface area contributed by atoms with Crippen molar-refractivity contribution in [3.8, 4) is 5.75 Å². The number of ether oxygens (including phenoxy) is 1. The first-order chi connectivity index (χ1) is 11.5. The molecule has 1 aromatic carbocycles. The molecule has 2 atom stereocenters. The molecule has 0 aliphatic heterocycles. The van der Waals surface area contributed by atoms with E-state index in [1.54, 1.807) is 7.05 Å². The zero-order valence-electron chi connectivity index (χ0n) is 14.7. The van der Waals surface area contributed by atoms with Gasteiger partial charge in [-0.3, -0.25) is 9.48 Å². The number of hydrogen-bond donors (Lipinski definition) is 2. The van der Waals surface area contributed by atoms with Crippen molar-refractivity contribution in [2.45, 2.75) is 39.4 Å². The molecule has 6 nitrogen and oxygen atoms in total. The number of para-hydroxylation sites is 1. The van der Waals surface area contributed by atoms with Gasteiger partial charge in [0.25, 0.3) is 5.91 Å². The van der Waals surface area contributed by atoms with Gasteiger partial charge in [-0.05, 0) is 32.4 Å². The Hall–Kier alpha value is -2.34. The van der Waals surface area contributed by atoms with Crippen molar-refractivity contribution in [1.82, 2.24) is 20.4 Å². The predicted molar refractivity (Wildman–Crippen MR) is 94.0 cm³/mol. The second kappa shape index (κ2) is 8.49. The van der Waals surface area contributed by atoms with Crippen LogP contribution in [0.25, 0.3) is 0 Å². The molecule has 1 aromatic heterocycles. The lowest BCUT2D eigenvalue weighted by Crippen LogP contribution is -2.33. The van der Waals surface area contributed by atoms with E-state index in [0.29, 0.717) is 6.54 Å². The number of carbonyl (C=O) groups excluding carboxylic acids is 1. The van der Waals surface area contributed by atoms with E-state index in [2.05, 4.69) is 29.6 Å². The third kappa shape index (κ3) is 4.83. The molecule has 0 unspecified atom stereocenters. The average Bonchev–Trinajstić information content (AvgIpc) is 3.03. The van der Waals surface area contributed by atoms with Gasteiger partial charge in [0.1, 0.15) is 5.75 Å². The number of aryl methyl sites for hydroxylation is 1. The van der Waals surface area contributed by atoms with Gasteiger partial charge >= 0.3 is 0 Å². The molecule has 0 saturated carbocycles. The van der Waals surface area contributed by atoms with E-state index >= 15 is 0 Å². The first-order valence-corrected chi connectivity index (χ1v) is 8.16. The molecular weight excluding hydrogens is 304 g/mol. The summed E-state index contributed by atoms with van der Waals surface area (Å²) < 4.78 is 7.57. The lowest BCUT2D eigenvalue weighted by molar-refractivity contribution is -0.122. The Bertz CT molecular complexity index is 669. The first-order valence-electron chi connectivity index (χ1n) is 8.16. The molecule has 2 N–H and O–H groups in total. The van der Waals surface area contributed by atoms with Crippen LogP contribution in [0.1, 0.15) is 31.0 Å². The molecule has 6 heteroatoms. The second-order valence-electron chi connectivity index (χ2n) is 5.98. The minimum atomic E-state index is -0.145. The van der Waals surface area contributed by atoms with Crippen LogP contribution in [0.3, 0.4) is 0 Å². The number of likely N-dealkylation sites (N-methyl/N-ethyl adjacent to an activating group) is 1.